The van der Waals surface area contributed by atoms with E-state index in [2.05, 4.69) is 5.32 Å². The summed E-state index contributed by atoms with van der Waals surface area (Å²) in [5, 5.41) is 3.12. The van der Waals surface area contributed by atoms with Crippen molar-refractivity contribution < 1.29 is 23.5 Å². The highest BCUT2D eigenvalue weighted by molar-refractivity contribution is 6.36. The molecule has 1 N–H and O–H groups in total. The molecule has 4 rings (SSSR count). The third-order valence-corrected chi connectivity index (χ3v) is 5.31. The molecule has 0 spiro atoms. The molecule has 1 aliphatic rings. The zero-order valence-electron chi connectivity index (χ0n) is 19.0. The highest BCUT2D eigenvalue weighted by Crippen LogP contribution is 2.32. The predicted octanol–water partition coefficient (Wildman–Crippen LogP) is 5.02. The van der Waals surface area contributed by atoms with Crippen molar-refractivity contribution in [3.8, 4) is 11.5 Å². The van der Waals surface area contributed by atoms with E-state index in [-0.39, 0.29) is 23.6 Å². The summed E-state index contributed by atoms with van der Waals surface area (Å²) in [5.41, 5.74) is 2.34. The number of imide groups is 1. The molecule has 1 heterocycles. The van der Waals surface area contributed by atoms with Crippen LogP contribution in [0.15, 0.2) is 78.5 Å². The van der Waals surface area contributed by atoms with Crippen LogP contribution in [0.25, 0.3) is 5.57 Å². The number of anilines is 1. The van der Waals surface area contributed by atoms with Crippen molar-refractivity contribution in [3.63, 3.8) is 0 Å². The van der Waals surface area contributed by atoms with E-state index in [0.29, 0.717) is 41.5 Å². The minimum absolute atomic E-state index is 0.0347. The number of hydrogen-bond acceptors (Lipinski definition) is 5. The first-order chi connectivity index (χ1) is 16.5. The van der Waals surface area contributed by atoms with Crippen LogP contribution in [0.1, 0.15) is 25.0 Å². The molecule has 0 fully saturated rings. The molecule has 2 amide bonds. The lowest BCUT2D eigenvalue weighted by atomic mass is 10.0. The summed E-state index contributed by atoms with van der Waals surface area (Å²) in [5.74, 6) is 0.126. The summed E-state index contributed by atoms with van der Waals surface area (Å²) in [6, 6.07) is 19.9. The molecule has 1 aliphatic heterocycles. The summed E-state index contributed by atoms with van der Waals surface area (Å²) in [6.45, 7) is 4.90. The van der Waals surface area contributed by atoms with E-state index >= 15 is 0 Å². The number of benzene rings is 3. The summed E-state index contributed by atoms with van der Waals surface area (Å²) >= 11 is 0. The van der Waals surface area contributed by atoms with Crippen molar-refractivity contribution in [1.29, 1.82) is 0 Å². The van der Waals surface area contributed by atoms with Gasteiger partial charge in [0.05, 0.1) is 25.3 Å². The van der Waals surface area contributed by atoms with Gasteiger partial charge < -0.3 is 14.8 Å². The fourth-order valence-electron chi connectivity index (χ4n) is 3.71. The number of nitrogens with one attached hydrogen (secondary N) is 1. The van der Waals surface area contributed by atoms with Crippen LogP contribution in [0.5, 0.6) is 11.5 Å². The fourth-order valence-corrected chi connectivity index (χ4v) is 3.71. The first-order valence-electron chi connectivity index (χ1n) is 11.1. The van der Waals surface area contributed by atoms with Crippen molar-refractivity contribution in [3.05, 3.63) is 95.4 Å². The van der Waals surface area contributed by atoms with Crippen LogP contribution >= 0.6 is 0 Å². The second kappa shape index (κ2) is 10.2. The lowest BCUT2D eigenvalue weighted by Crippen LogP contribution is -2.32. The minimum Gasteiger partial charge on any atom is -0.494 e. The Labute approximate surface area is 197 Å². The van der Waals surface area contributed by atoms with E-state index in [4.69, 9.17) is 9.47 Å². The van der Waals surface area contributed by atoms with Gasteiger partial charge in [0.15, 0.2) is 0 Å². The molecule has 34 heavy (non-hydrogen) atoms. The van der Waals surface area contributed by atoms with E-state index in [9.17, 15) is 14.0 Å². The number of carbonyl (C=O) groups is 2. The van der Waals surface area contributed by atoms with Gasteiger partial charge in [0.25, 0.3) is 11.8 Å². The van der Waals surface area contributed by atoms with Gasteiger partial charge in [0, 0.05) is 5.69 Å². The Bertz CT molecular complexity index is 1200. The van der Waals surface area contributed by atoms with Crippen LogP contribution in [-0.2, 0) is 16.1 Å². The molecule has 0 saturated heterocycles. The molecule has 0 unspecified atom stereocenters. The van der Waals surface area contributed by atoms with Crippen LogP contribution in [0, 0.1) is 5.82 Å². The number of nitrogens with zero attached hydrogens (tertiary/aromatic N) is 1. The molecule has 0 atom stereocenters. The lowest BCUT2D eigenvalue weighted by molar-refractivity contribution is -0.137. The average Bonchev–Trinajstić information content (AvgIpc) is 3.07. The average molecular weight is 461 g/mol. The zero-order valence-corrected chi connectivity index (χ0v) is 19.0. The van der Waals surface area contributed by atoms with Gasteiger partial charge in [-0.3, -0.25) is 14.5 Å². The maximum Gasteiger partial charge on any atom is 0.278 e. The van der Waals surface area contributed by atoms with Gasteiger partial charge in [0.1, 0.15) is 23.0 Å². The predicted molar refractivity (Wildman–Crippen MR) is 128 cm³/mol. The summed E-state index contributed by atoms with van der Waals surface area (Å²) < 4.78 is 24.3. The second-order valence-corrected chi connectivity index (χ2v) is 7.61. The van der Waals surface area contributed by atoms with Gasteiger partial charge in [-0.25, -0.2) is 4.39 Å². The van der Waals surface area contributed by atoms with Crippen LogP contribution in [0.2, 0.25) is 0 Å². The minimum atomic E-state index is -0.452. The smallest absolute Gasteiger partial charge is 0.278 e. The molecule has 6 nitrogen and oxygen atoms in total. The standard InChI is InChI=1S/C27H25FN2O4/c1-3-33-22-13-7-19(8-14-22)24-25(29-21-11-15-23(16-12-21)34-4-2)27(32)30(26(24)31)17-18-5-9-20(28)10-6-18/h5-16,29H,3-4,17H2,1-2H3. The molecule has 0 radical (unpaired) electrons. The molecule has 0 aromatic heterocycles. The number of halogens is 1. The Morgan fingerprint density at radius 1 is 0.765 bits per heavy atom. The monoisotopic (exact) mass is 460 g/mol. The molecule has 3 aromatic carbocycles. The molecule has 174 valence electrons. The van der Waals surface area contributed by atoms with Gasteiger partial charge in [-0.1, -0.05) is 24.3 Å². The van der Waals surface area contributed by atoms with E-state index in [1.54, 1.807) is 60.7 Å². The van der Waals surface area contributed by atoms with Crippen LogP contribution < -0.4 is 14.8 Å². The van der Waals surface area contributed by atoms with Gasteiger partial charge in [0.2, 0.25) is 0 Å². The normalized spacial score (nSPS) is 13.4. The Kier molecular flexibility index (Phi) is 6.92. The number of carbonyl (C=O) groups excluding carboxylic acids is 2. The van der Waals surface area contributed by atoms with E-state index < -0.39 is 11.8 Å². The molecular weight excluding hydrogens is 435 g/mol. The molecular formula is C27H25FN2O4. The molecule has 7 heteroatoms. The number of amides is 2. The van der Waals surface area contributed by atoms with Crippen LogP contribution in [0.3, 0.4) is 0 Å². The van der Waals surface area contributed by atoms with Crippen LogP contribution in [0.4, 0.5) is 10.1 Å². The largest absolute Gasteiger partial charge is 0.494 e. The Morgan fingerprint density at radius 3 is 1.88 bits per heavy atom. The van der Waals surface area contributed by atoms with Crippen LogP contribution in [-0.4, -0.2) is 29.9 Å². The number of rotatable bonds is 9. The first kappa shape index (κ1) is 23.0. The highest BCUT2D eigenvalue weighted by Gasteiger charge is 2.39. The van der Waals surface area contributed by atoms with Gasteiger partial charge in [-0.15, -0.1) is 0 Å². The van der Waals surface area contributed by atoms with Crippen molar-refractivity contribution in [2.45, 2.75) is 20.4 Å². The topological polar surface area (TPSA) is 67.9 Å². The maximum atomic E-state index is 13.4. The van der Waals surface area contributed by atoms with E-state index in [0.717, 1.165) is 4.90 Å². The molecule has 0 bridgehead atoms. The van der Waals surface area contributed by atoms with Gasteiger partial charge in [-0.2, -0.15) is 0 Å². The number of ether oxygens (including phenoxy) is 2. The summed E-state index contributed by atoms with van der Waals surface area (Å²) in [4.78, 5) is 28.0. The van der Waals surface area contributed by atoms with Crippen molar-refractivity contribution in [1.82, 2.24) is 4.90 Å². The summed E-state index contributed by atoms with van der Waals surface area (Å²) in [7, 11) is 0. The fraction of sp³-hybridized carbons (Fsp3) is 0.185. The third-order valence-electron chi connectivity index (χ3n) is 5.31. The Balaban J connectivity index is 1.68. The van der Waals surface area contributed by atoms with Gasteiger partial charge >= 0.3 is 0 Å². The molecule has 0 aliphatic carbocycles. The molecule has 0 saturated carbocycles. The lowest BCUT2D eigenvalue weighted by Gasteiger charge is -2.15. The SMILES string of the molecule is CCOc1ccc(NC2=C(c3ccc(OCC)cc3)C(=O)N(Cc3ccc(F)cc3)C2=O)cc1. The summed E-state index contributed by atoms with van der Waals surface area (Å²) in [6.07, 6.45) is 0. The van der Waals surface area contributed by atoms with E-state index in [1.807, 2.05) is 13.8 Å². The van der Waals surface area contributed by atoms with Crippen molar-refractivity contribution in [2.24, 2.45) is 0 Å². The quantitative estimate of drug-likeness (QED) is 0.455. The Morgan fingerprint density at radius 2 is 1.32 bits per heavy atom. The Hall–Kier alpha value is -4.13. The number of hydrogen-bond donors (Lipinski definition) is 1. The first-order valence-corrected chi connectivity index (χ1v) is 11.1. The van der Waals surface area contributed by atoms with Crippen molar-refractivity contribution in [2.75, 3.05) is 18.5 Å². The zero-order chi connectivity index (χ0) is 24.1. The van der Waals surface area contributed by atoms with Crippen molar-refractivity contribution >= 4 is 23.1 Å². The van der Waals surface area contributed by atoms with Gasteiger partial charge in [-0.05, 0) is 73.5 Å². The second-order valence-electron chi connectivity index (χ2n) is 7.61. The van der Waals surface area contributed by atoms with E-state index in [1.165, 1.54) is 12.1 Å². The third kappa shape index (κ3) is 4.93. The highest BCUT2D eigenvalue weighted by atomic mass is 19.1. The molecule has 3 aromatic rings. The maximum absolute atomic E-state index is 13.4.